The highest BCUT2D eigenvalue weighted by Gasteiger charge is 2.37. The quantitative estimate of drug-likeness (QED) is 0.166. The van der Waals surface area contributed by atoms with E-state index in [1.807, 2.05) is 6.07 Å². The van der Waals surface area contributed by atoms with Crippen molar-refractivity contribution in [2.24, 2.45) is 0 Å². The van der Waals surface area contributed by atoms with Crippen molar-refractivity contribution in [3.05, 3.63) is 283 Å². The van der Waals surface area contributed by atoms with Crippen LogP contribution in [0.5, 0.6) is 0 Å². The Kier molecular flexibility index (Phi) is 9.85. The van der Waals surface area contributed by atoms with Gasteiger partial charge < -0.3 is 9.13 Å². The average molecular weight is 1090 g/mol. The molecular formula is C80H55N5. The van der Waals surface area contributed by atoms with Crippen LogP contribution in [-0.4, -0.2) is 23.7 Å². The Balaban J connectivity index is 0.841. The minimum Gasteiger partial charge on any atom is -0.309 e. The Morgan fingerprint density at radius 2 is 0.671 bits per heavy atom. The van der Waals surface area contributed by atoms with Crippen LogP contribution in [-0.2, 0) is 10.8 Å². The third-order valence-corrected chi connectivity index (χ3v) is 19.3. The molecule has 12 aromatic carbocycles. The second kappa shape index (κ2) is 17.5. The lowest BCUT2D eigenvalue weighted by Gasteiger charge is -2.22. The molecule has 5 nitrogen and oxygen atoms in total. The van der Waals surface area contributed by atoms with Crippen molar-refractivity contribution in [3.8, 4) is 73.1 Å². The first-order valence-electron chi connectivity index (χ1n) is 29.6. The summed E-state index contributed by atoms with van der Waals surface area (Å²) in [6.45, 7) is 9.47. The molecule has 0 N–H and O–H groups in total. The monoisotopic (exact) mass is 1090 g/mol. The highest BCUT2D eigenvalue weighted by molar-refractivity contribution is 6.15. The second-order valence-corrected chi connectivity index (χ2v) is 24.5. The maximum absolute atomic E-state index is 5.49. The molecule has 0 unspecified atom stereocenters. The summed E-state index contributed by atoms with van der Waals surface area (Å²) in [7, 11) is 0. The lowest BCUT2D eigenvalue weighted by Crippen LogP contribution is -2.15. The number of para-hydroxylation sites is 3. The molecule has 2 aliphatic rings. The summed E-state index contributed by atoms with van der Waals surface area (Å²) in [6.07, 6.45) is 0. The summed E-state index contributed by atoms with van der Waals surface area (Å²) in [5.41, 5.74) is 26.3. The number of aromatic nitrogens is 5. The van der Waals surface area contributed by atoms with Crippen LogP contribution in [0, 0.1) is 0 Å². The van der Waals surface area contributed by atoms with Gasteiger partial charge in [-0.25, -0.2) is 9.97 Å². The first kappa shape index (κ1) is 48.0. The normalized spacial score (nSPS) is 13.8. The van der Waals surface area contributed by atoms with Gasteiger partial charge in [-0.2, -0.15) is 0 Å². The Hall–Kier alpha value is -10.6. The molecule has 0 fully saturated rings. The predicted octanol–water partition coefficient (Wildman–Crippen LogP) is 20.5. The molecular weight excluding hydrogens is 1030 g/mol. The molecule has 0 radical (unpaired) electrons. The lowest BCUT2D eigenvalue weighted by atomic mass is 9.82. The molecule has 4 aromatic heterocycles. The molecule has 0 saturated carbocycles. The van der Waals surface area contributed by atoms with Crippen molar-refractivity contribution < 1.29 is 0 Å². The minimum absolute atomic E-state index is 0.123. The summed E-state index contributed by atoms with van der Waals surface area (Å²) in [6, 6.07) is 96.7. The minimum atomic E-state index is -0.123. The molecule has 0 aliphatic heterocycles. The summed E-state index contributed by atoms with van der Waals surface area (Å²) in [5, 5.41) is 8.24. The van der Waals surface area contributed by atoms with E-state index >= 15 is 0 Å². The van der Waals surface area contributed by atoms with E-state index in [4.69, 9.17) is 9.97 Å². The third kappa shape index (κ3) is 6.81. The number of hydrogen-bond donors (Lipinski definition) is 0. The highest BCUT2D eigenvalue weighted by atomic mass is 15.1. The number of rotatable bonds is 6. The molecule has 16 aromatic rings. The van der Waals surface area contributed by atoms with Gasteiger partial charge in [0.15, 0.2) is 5.82 Å². The molecule has 85 heavy (non-hydrogen) atoms. The number of fused-ring (bicyclic) bond motifs is 16. The molecule has 400 valence electrons. The highest BCUT2D eigenvalue weighted by Crippen LogP contribution is 2.52. The second-order valence-electron chi connectivity index (χ2n) is 24.5. The smallest absolute Gasteiger partial charge is 0.162 e. The van der Waals surface area contributed by atoms with E-state index in [9.17, 15) is 0 Å². The van der Waals surface area contributed by atoms with Crippen molar-refractivity contribution in [1.29, 1.82) is 0 Å². The van der Waals surface area contributed by atoms with Gasteiger partial charge in [0, 0.05) is 65.5 Å². The van der Waals surface area contributed by atoms with Gasteiger partial charge in [0.2, 0.25) is 0 Å². The molecule has 0 bridgehead atoms. The third-order valence-electron chi connectivity index (χ3n) is 19.3. The van der Waals surface area contributed by atoms with E-state index in [-0.39, 0.29) is 10.8 Å². The maximum Gasteiger partial charge on any atom is 0.162 e. The van der Waals surface area contributed by atoms with Crippen molar-refractivity contribution in [3.63, 3.8) is 0 Å². The molecule has 0 saturated heterocycles. The van der Waals surface area contributed by atoms with Crippen LogP contribution in [0.4, 0.5) is 0 Å². The molecule has 5 heteroatoms. The zero-order valence-corrected chi connectivity index (χ0v) is 47.6. The average Bonchev–Trinajstić information content (AvgIpc) is 1.80. The van der Waals surface area contributed by atoms with E-state index in [0.29, 0.717) is 5.82 Å². The molecule has 0 spiro atoms. The SMILES string of the molecule is CC1(C)c2ccccc2-c2ccc(-n3c4ccccc4c4ccc(-c5ccc6c(c5)c5cc(-c7ccc8c9ccccc9n(-c9ccc%10c(c9)C(C)(C)c9ccccc9-%10)c8c7)ccc5n6-c5nc(-c6ccccc6)nc6ccccc56)cc43)cc21. The van der Waals surface area contributed by atoms with Crippen LogP contribution in [0.3, 0.4) is 0 Å². The van der Waals surface area contributed by atoms with E-state index in [1.54, 1.807) is 0 Å². The zero-order valence-electron chi connectivity index (χ0n) is 47.6. The van der Waals surface area contributed by atoms with Gasteiger partial charge in [-0.1, -0.05) is 204 Å². The van der Waals surface area contributed by atoms with Crippen LogP contribution < -0.4 is 0 Å². The van der Waals surface area contributed by atoms with Crippen LogP contribution in [0.1, 0.15) is 49.9 Å². The van der Waals surface area contributed by atoms with Gasteiger partial charge in [0.25, 0.3) is 0 Å². The number of hydrogen-bond acceptors (Lipinski definition) is 2. The standard InChI is InChI=1S/C80H55N5/c1-79(2)66-25-13-8-20-55(66)57-38-34-53(46-68(57)79)83-71-28-16-11-22-59(71)61-36-30-51(44-75(61)83)49-32-40-73-64(42-49)65-43-50(33-41-74(65)85(73)78-63-24-10-15-27-70(63)81-77(82-78)48-18-6-5-7-19-48)52-31-37-62-60-23-12-17-29-72(60)84(76(62)45-52)54-35-39-58-56-21-9-14-26-67(56)80(3,4)69(58)47-54/h5-47H,1-4H3. The van der Waals surface area contributed by atoms with E-state index in [2.05, 4.69) is 296 Å². The van der Waals surface area contributed by atoms with Gasteiger partial charge in [0.1, 0.15) is 5.82 Å². The Labute approximate surface area is 492 Å². The fraction of sp³-hybridized carbons (Fsp3) is 0.0750. The van der Waals surface area contributed by atoms with Crippen molar-refractivity contribution >= 4 is 76.3 Å². The van der Waals surface area contributed by atoms with Crippen molar-refractivity contribution in [2.75, 3.05) is 0 Å². The van der Waals surface area contributed by atoms with Crippen LogP contribution >= 0.6 is 0 Å². The summed E-state index contributed by atoms with van der Waals surface area (Å²) in [4.78, 5) is 10.7. The van der Waals surface area contributed by atoms with E-state index < -0.39 is 0 Å². The molecule has 0 atom stereocenters. The van der Waals surface area contributed by atoms with E-state index in [0.717, 1.165) is 66.3 Å². The molecule has 4 heterocycles. The summed E-state index contributed by atoms with van der Waals surface area (Å²) in [5.74, 6) is 1.54. The molecule has 0 amide bonds. The van der Waals surface area contributed by atoms with Crippen LogP contribution in [0.25, 0.3) is 149 Å². The summed E-state index contributed by atoms with van der Waals surface area (Å²) >= 11 is 0. The lowest BCUT2D eigenvalue weighted by molar-refractivity contribution is 0.660. The first-order valence-corrected chi connectivity index (χ1v) is 29.6. The van der Waals surface area contributed by atoms with Gasteiger partial charge >= 0.3 is 0 Å². The van der Waals surface area contributed by atoms with Crippen molar-refractivity contribution in [1.82, 2.24) is 23.7 Å². The predicted molar refractivity (Wildman–Crippen MR) is 354 cm³/mol. The van der Waals surface area contributed by atoms with Gasteiger partial charge in [-0.3, -0.25) is 4.57 Å². The number of nitrogens with zero attached hydrogens (tertiary/aromatic N) is 5. The van der Waals surface area contributed by atoms with Crippen LogP contribution in [0.2, 0.25) is 0 Å². The largest absolute Gasteiger partial charge is 0.309 e. The Morgan fingerprint density at radius 3 is 1.21 bits per heavy atom. The van der Waals surface area contributed by atoms with Crippen molar-refractivity contribution in [2.45, 2.75) is 38.5 Å². The number of benzene rings is 12. The fourth-order valence-corrected chi connectivity index (χ4v) is 15.1. The summed E-state index contributed by atoms with van der Waals surface area (Å²) < 4.78 is 7.34. The van der Waals surface area contributed by atoms with Gasteiger partial charge in [-0.15, -0.1) is 0 Å². The van der Waals surface area contributed by atoms with Crippen LogP contribution in [0.15, 0.2) is 261 Å². The Bertz CT molecular complexity index is 5270. The zero-order chi connectivity index (χ0) is 56.4. The molecule has 2 aliphatic carbocycles. The maximum atomic E-state index is 5.49. The first-order chi connectivity index (χ1) is 41.7. The topological polar surface area (TPSA) is 40.6 Å². The Morgan fingerprint density at radius 1 is 0.259 bits per heavy atom. The van der Waals surface area contributed by atoms with Gasteiger partial charge in [-0.05, 0) is 152 Å². The molecule has 18 rings (SSSR count). The van der Waals surface area contributed by atoms with Gasteiger partial charge in [0.05, 0.1) is 38.6 Å². The van der Waals surface area contributed by atoms with E-state index in [1.165, 1.54) is 99.5 Å². The fourth-order valence-electron chi connectivity index (χ4n) is 15.1.